The Bertz CT molecular complexity index is 3710. The summed E-state index contributed by atoms with van der Waals surface area (Å²) in [6.07, 6.45) is 21.1. The second-order valence-electron chi connectivity index (χ2n) is 18.1. The maximum absolute atomic E-state index is 14.0. The molecule has 0 fully saturated rings. The molecule has 0 aliphatic carbocycles. The van der Waals surface area contributed by atoms with E-state index in [0.29, 0.717) is 61.9 Å². The van der Waals surface area contributed by atoms with Crippen LogP contribution in [0.4, 0.5) is 0 Å². The number of hydrogen-bond donors (Lipinski definition) is 0. The van der Waals surface area contributed by atoms with Crippen molar-refractivity contribution in [2.24, 2.45) is 20.0 Å². The molecule has 9 rings (SSSR count). The van der Waals surface area contributed by atoms with Gasteiger partial charge in [0.05, 0.1) is 45.6 Å². The largest absolute Gasteiger partial charge is 0.425 e. The maximum atomic E-state index is 14.0. The van der Waals surface area contributed by atoms with Gasteiger partial charge in [0.1, 0.15) is 44.5 Å². The molecule has 0 N–H and O–H groups in total. The summed E-state index contributed by atoms with van der Waals surface area (Å²) in [4.78, 5) is 76.4. The van der Waals surface area contributed by atoms with Gasteiger partial charge in [0.2, 0.25) is 0 Å². The number of benzene rings is 4. The van der Waals surface area contributed by atoms with Crippen molar-refractivity contribution in [3.8, 4) is 23.0 Å². The summed E-state index contributed by atoms with van der Waals surface area (Å²) < 4.78 is 24.8. The molecule has 81 heavy (non-hydrogen) atoms. The second-order valence-corrected chi connectivity index (χ2v) is 20.2. The van der Waals surface area contributed by atoms with Crippen molar-refractivity contribution in [2.45, 2.75) is 47.2 Å². The average Bonchev–Trinajstić information content (AvgIpc) is 4.37. The number of alkyl halides is 4. The van der Waals surface area contributed by atoms with Gasteiger partial charge in [-0.2, -0.15) is 0 Å². The minimum atomic E-state index is -1.13. The van der Waals surface area contributed by atoms with E-state index in [1.54, 1.807) is 109 Å². The van der Waals surface area contributed by atoms with Crippen molar-refractivity contribution >= 4 is 115 Å². The number of para-hydroxylation sites is 4. The van der Waals surface area contributed by atoms with E-state index in [-0.39, 0.29) is 94.0 Å². The van der Waals surface area contributed by atoms with E-state index >= 15 is 0 Å². The number of esters is 4. The summed E-state index contributed by atoms with van der Waals surface area (Å²) in [7, 11) is 0. The quantitative estimate of drug-likeness (QED) is 0.0278. The summed E-state index contributed by atoms with van der Waals surface area (Å²) in [5, 5.41) is -4.40. The van der Waals surface area contributed by atoms with Crippen LogP contribution in [0.1, 0.15) is 47.9 Å². The molecule has 8 bridgehead atoms. The summed E-state index contributed by atoms with van der Waals surface area (Å²) in [5.74, 6) is -2.69. The van der Waals surface area contributed by atoms with Gasteiger partial charge in [-0.25, -0.2) is 20.0 Å². The molecular formula is C64H48Cl4CuN4O8. The van der Waals surface area contributed by atoms with Crippen molar-refractivity contribution in [1.82, 2.24) is 0 Å². The van der Waals surface area contributed by atoms with Gasteiger partial charge in [-0.15, -0.1) is 72.7 Å². The molecule has 4 aromatic carbocycles. The minimum Gasteiger partial charge on any atom is -0.425 e. The zero-order chi connectivity index (χ0) is 56.5. The van der Waals surface area contributed by atoms with Gasteiger partial charge < -0.3 is 18.9 Å². The van der Waals surface area contributed by atoms with Crippen LogP contribution in [-0.4, -0.2) is 68.2 Å². The minimum absolute atomic E-state index is 0. The summed E-state index contributed by atoms with van der Waals surface area (Å²) in [5.41, 5.74) is 5.98. The maximum Gasteiger partial charge on any atom is 0.329 e. The summed E-state index contributed by atoms with van der Waals surface area (Å²) >= 11 is 26.4. The number of aliphatic imine (C=N–C) groups is 4. The Labute approximate surface area is 498 Å². The Balaban J connectivity index is 0.00000860. The molecular weight excluding hydrogens is 1160 g/mol. The molecule has 5 heterocycles. The number of hydrogen-bond acceptors (Lipinski definition) is 12. The van der Waals surface area contributed by atoms with Gasteiger partial charge in [0, 0.05) is 61.6 Å². The van der Waals surface area contributed by atoms with E-state index in [1.807, 2.05) is 36.5 Å². The van der Waals surface area contributed by atoms with E-state index < -0.39 is 45.4 Å². The first-order valence-electron chi connectivity index (χ1n) is 25.1. The molecule has 17 heteroatoms. The van der Waals surface area contributed by atoms with Crippen LogP contribution in [0.2, 0.25) is 0 Å². The molecule has 411 valence electrons. The van der Waals surface area contributed by atoms with E-state index in [1.165, 1.54) is 24.3 Å². The third-order valence-electron chi connectivity index (χ3n) is 12.5. The van der Waals surface area contributed by atoms with Gasteiger partial charge in [-0.3, -0.25) is 19.2 Å². The fraction of sp³-hybridized carbons (Fsp3) is 0.125. The Morgan fingerprint density at radius 3 is 1.21 bits per heavy atom. The monoisotopic (exact) mass is 1200 g/mol. The third-order valence-corrected chi connectivity index (χ3v) is 13.9. The van der Waals surface area contributed by atoms with Crippen molar-refractivity contribution in [2.75, 3.05) is 0 Å². The van der Waals surface area contributed by atoms with Crippen LogP contribution in [0, 0.1) is 0 Å². The van der Waals surface area contributed by atoms with Crippen LogP contribution in [0.5, 0.6) is 23.0 Å². The van der Waals surface area contributed by atoms with Crippen molar-refractivity contribution in [1.29, 1.82) is 0 Å². The number of fused-ring (bicyclic) bond motifs is 4. The van der Waals surface area contributed by atoms with Crippen LogP contribution in [-0.2, 0) is 36.2 Å². The van der Waals surface area contributed by atoms with E-state index in [9.17, 15) is 19.2 Å². The van der Waals surface area contributed by atoms with Gasteiger partial charge in [-0.05, 0) is 98.6 Å². The first-order chi connectivity index (χ1) is 38.8. The van der Waals surface area contributed by atoms with Crippen LogP contribution < -0.4 is 18.9 Å². The van der Waals surface area contributed by atoms with Gasteiger partial charge in [0.25, 0.3) is 0 Å². The number of carbonyl (C=O) groups is 4. The number of carbonyl (C=O) groups excluding carboxylic acids is 4. The number of rotatable bonds is 20. The van der Waals surface area contributed by atoms with Crippen LogP contribution in [0.15, 0.2) is 239 Å². The fourth-order valence-corrected chi connectivity index (χ4v) is 9.53. The molecule has 12 nitrogen and oxygen atoms in total. The standard InChI is InChI=1S/C64H48Cl4N4O8.Cu/c1-5-17-47(65)61(73)77-52-25-13-9-21-42(52)46-35-41-34-39-30-29-37(69-39)33-38-31-32-40(70-38)36-51-56(43-22-10-14-26-53(43)78-62(74)48(66)18-6-2)57(44-23-11-15-27-54(44)79-63(75)49(67)19-7-3)60(72-51)58(59(46)71-41)45-24-12-16-28-55(45)80-64(76)50(68)20-8-4;/h5-16,21-36,47-50H,1-4,17-20H2;. The number of nitrogens with zero attached hydrogens (tertiary/aromatic N) is 4. The number of halogens is 4. The first kappa shape index (κ1) is 59.1. The van der Waals surface area contributed by atoms with Crippen molar-refractivity contribution < 1.29 is 55.2 Å². The molecule has 0 saturated carbocycles. The fourth-order valence-electron chi connectivity index (χ4n) is 8.85. The van der Waals surface area contributed by atoms with E-state index in [2.05, 4.69) is 26.3 Å². The predicted molar refractivity (Wildman–Crippen MR) is 320 cm³/mol. The average molecular weight is 1210 g/mol. The molecule has 0 spiro atoms. The van der Waals surface area contributed by atoms with E-state index in [0.717, 1.165) is 0 Å². The molecule has 5 aliphatic rings. The molecule has 0 saturated heterocycles. The molecule has 0 amide bonds. The molecule has 5 aliphatic heterocycles. The SMILES string of the molecule is C=CCC(Cl)C(=O)Oc1ccccc1C1=CC2=CC3=NC(=CC4=NC(=CC5=NC(=C(c6ccccc6OC(=O)C(Cl)CC=C)C1=N2)C(c1ccccc1OC(=O)C(Cl)CC=C)=C5c1ccccc1OC(=O)C(Cl)CC=C)C=C4)C=C3.[Cu]. The first-order valence-corrected chi connectivity index (χ1v) is 26.9. The Kier molecular flexibility index (Phi) is 19.7. The van der Waals surface area contributed by atoms with Gasteiger partial charge in [0.15, 0.2) is 0 Å². The molecule has 4 unspecified atom stereocenters. The molecule has 0 aromatic heterocycles. The number of ether oxygens (including phenoxy) is 4. The van der Waals surface area contributed by atoms with Gasteiger partial charge >= 0.3 is 23.9 Å². The Morgan fingerprint density at radius 2 is 0.778 bits per heavy atom. The predicted octanol–water partition coefficient (Wildman–Crippen LogP) is 14.0. The molecule has 1 radical (unpaired) electrons. The Morgan fingerprint density at radius 1 is 0.420 bits per heavy atom. The summed E-state index contributed by atoms with van der Waals surface area (Å²) in [6, 6.07) is 27.3. The van der Waals surface area contributed by atoms with Gasteiger partial charge in [-0.1, -0.05) is 97.1 Å². The smallest absolute Gasteiger partial charge is 0.329 e. The zero-order valence-corrected chi connectivity index (χ0v) is 47.0. The zero-order valence-electron chi connectivity index (χ0n) is 43.0. The van der Waals surface area contributed by atoms with Crippen LogP contribution >= 0.6 is 46.4 Å². The van der Waals surface area contributed by atoms with Crippen molar-refractivity contribution in [3.05, 3.63) is 241 Å². The summed E-state index contributed by atoms with van der Waals surface area (Å²) in [6.45, 7) is 15.0. The number of allylic oxidation sites excluding steroid dienone is 16. The normalized spacial score (nSPS) is 16.3. The molecule has 4 atom stereocenters. The third kappa shape index (κ3) is 13.4. The second kappa shape index (κ2) is 27.0. The topological polar surface area (TPSA) is 155 Å². The van der Waals surface area contributed by atoms with Crippen LogP contribution in [0.3, 0.4) is 0 Å². The Hall–Kier alpha value is -8.00. The van der Waals surface area contributed by atoms with Crippen molar-refractivity contribution in [3.63, 3.8) is 0 Å². The van der Waals surface area contributed by atoms with E-state index in [4.69, 9.17) is 85.3 Å². The molecule has 4 aromatic rings. The van der Waals surface area contributed by atoms with Crippen LogP contribution in [0.25, 0.3) is 22.3 Å².